The number of halogens is 2. The molecule has 1 aliphatic rings. The lowest BCUT2D eigenvalue weighted by atomic mass is 10.2. The molecular formula is C24H15Cl2N3O7. The van der Waals surface area contributed by atoms with Crippen molar-refractivity contribution in [3.63, 3.8) is 0 Å². The number of carbonyl (C=O) groups excluding carboxylic acids is 3. The number of imide groups is 1. The molecule has 0 fully saturated rings. The van der Waals surface area contributed by atoms with Gasteiger partial charge in [0.25, 0.3) is 17.5 Å². The molecule has 1 N–H and O–H groups in total. The summed E-state index contributed by atoms with van der Waals surface area (Å²) in [5, 5.41) is 13.5. The van der Waals surface area contributed by atoms with Crippen LogP contribution in [0.2, 0.25) is 5.02 Å². The lowest BCUT2D eigenvalue weighted by molar-refractivity contribution is -0.384. The summed E-state index contributed by atoms with van der Waals surface area (Å²) in [6.45, 7) is 0. The van der Waals surface area contributed by atoms with Crippen molar-refractivity contribution in [1.29, 1.82) is 0 Å². The molecule has 2 amide bonds. The van der Waals surface area contributed by atoms with E-state index in [1.165, 1.54) is 67.8 Å². The summed E-state index contributed by atoms with van der Waals surface area (Å²) in [7, 11) is 1.39. The van der Waals surface area contributed by atoms with E-state index in [-0.39, 0.29) is 39.2 Å². The Kier molecular flexibility index (Phi) is 6.91. The van der Waals surface area contributed by atoms with E-state index in [4.69, 9.17) is 32.7 Å². The molecule has 0 atom stereocenters. The van der Waals surface area contributed by atoms with Crippen LogP contribution >= 0.6 is 23.2 Å². The highest BCUT2D eigenvalue weighted by molar-refractivity contribution is 6.53. The Hall–Kier alpha value is -4.41. The van der Waals surface area contributed by atoms with E-state index in [0.717, 1.165) is 4.90 Å². The van der Waals surface area contributed by atoms with Crippen molar-refractivity contribution in [1.82, 2.24) is 0 Å². The third kappa shape index (κ3) is 4.85. The minimum atomic E-state index is -0.756. The molecule has 0 saturated carbocycles. The SMILES string of the molecule is COc1ccc(Cl)cc1N1C(=O)C(Cl)=C(Nc2ccc(C(=O)Oc3ccc([N+](=O)[O-])cc3)cc2)C1=O. The Morgan fingerprint density at radius 2 is 1.64 bits per heavy atom. The molecule has 0 unspecified atom stereocenters. The quantitative estimate of drug-likeness (QED) is 0.151. The number of ether oxygens (including phenoxy) is 2. The number of esters is 1. The average molecular weight is 528 g/mol. The van der Waals surface area contributed by atoms with E-state index in [2.05, 4.69) is 5.32 Å². The first kappa shape index (κ1) is 24.7. The molecule has 12 heteroatoms. The molecule has 0 saturated heterocycles. The monoisotopic (exact) mass is 527 g/mol. The maximum Gasteiger partial charge on any atom is 0.343 e. The number of anilines is 2. The molecule has 0 aliphatic carbocycles. The number of nitrogens with one attached hydrogen (secondary N) is 1. The lowest BCUT2D eigenvalue weighted by Crippen LogP contribution is -2.32. The minimum absolute atomic E-state index is 0.134. The van der Waals surface area contributed by atoms with Crippen molar-refractivity contribution in [2.24, 2.45) is 0 Å². The van der Waals surface area contributed by atoms with Crippen LogP contribution in [0.25, 0.3) is 0 Å². The van der Waals surface area contributed by atoms with E-state index >= 15 is 0 Å². The van der Waals surface area contributed by atoms with Crippen molar-refractivity contribution in [3.05, 3.63) is 98.2 Å². The number of nitro benzene ring substituents is 1. The van der Waals surface area contributed by atoms with Gasteiger partial charge < -0.3 is 14.8 Å². The molecule has 1 aliphatic heterocycles. The Morgan fingerprint density at radius 1 is 0.972 bits per heavy atom. The third-order valence-electron chi connectivity index (χ3n) is 5.06. The van der Waals surface area contributed by atoms with Crippen LogP contribution < -0.4 is 19.7 Å². The highest BCUT2D eigenvalue weighted by Crippen LogP contribution is 2.37. The van der Waals surface area contributed by atoms with Gasteiger partial charge in [0.05, 0.1) is 23.3 Å². The van der Waals surface area contributed by atoms with Crippen molar-refractivity contribution >= 4 is 58.0 Å². The topological polar surface area (TPSA) is 128 Å². The first-order valence-corrected chi connectivity index (χ1v) is 10.9. The fraction of sp³-hybridized carbons (Fsp3) is 0.0417. The van der Waals surface area contributed by atoms with Crippen LogP contribution in [0.15, 0.2) is 77.5 Å². The Bertz CT molecular complexity index is 1420. The normalized spacial score (nSPS) is 13.1. The largest absolute Gasteiger partial charge is 0.495 e. The number of carbonyl (C=O) groups is 3. The van der Waals surface area contributed by atoms with Crippen LogP contribution in [0.5, 0.6) is 11.5 Å². The fourth-order valence-electron chi connectivity index (χ4n) is 3.30. The zero-order chi connectivity index (χ0) is 26.0. The number of hydrogen-bond donors (Lipinski definition) is 1. The van der Waals surface area contributed by atoms with Gasteiger partial charge in [-0.1, -0.05) is 23.2 Å². The maximum atomic E-state index is 13.0. The molecule has 3 aromatic carbocycles. The predicted molar refractivity (Wildman–Crippen MR) is 131 cm³/mol. The van der Waals surface area contributed by atoms with Crippen molar-refractivity contribution in [2.45, 2.75) is 0 Å². The van der Waals surface area contributed by atoms with E-state index in [1.807, 2.05) is 0 Å². The zero-order valence-corrected chi connectivity index (χ0v) is 19.9. The van der Waals surface area contributed by atoms with Crippen LogP contribution in [0.4, 0.5) is 17.1 Å². The molecule has 0 bridgehead atoms. The van der Waals surface area contributed by atoms with Gasteiger partial charge >= 0.3 is 5.97 Å². The molecular weight excluding hydrogens is 513 g/mol. The number of amides is 2. The number of non-ortho nitro benzene ring substituents is 1. The number of nitro groups is 1. The van der Waals surface area contributed by atoms with Crippen LogP contribution in [-0.2, 0) is 9.59 Å². The van der Waals surface area contributed by atoms with Crippen LogP contribution in [0.1, 0.15) is 10.4 Å². The van der Waals surface area contributed by atoms with Gasteiger partial charge in [-0.05, 0) is 54.6 Å². The molecule has 1 heterocycles. The van der Waals surface area contributed by atoms with Gasteiger partial charge in [0.2, 0.25) is 0 Å². The minimum Gasteiger partial charge on any atom is -0.495 e. The van der Waals surface area contributed by atoms with Gasteiger partial charge in [0, 0.05) is 22.8 Å². The van der Waals surface area contributed by atoms with Gasteiger partial charge in [0.1, 0.15) is 22.2 Å². The molecule has 182 valence electrons. The van der Waals surface area contributed by atoms with E-state index in [0.29, 0.717) is 10.7 Å². The second-order valence-corrected chi connectivity index (χ2v) is 8.11. The van der Waals surface area contributed by atoms with Gasteiger partial charge in [-0.25, -0.2) is 9.69 Å². The van der Waals surface area contributed by atoms with E-state index in [9.17, 15) is 24.5 Å². The number of benzene rings is 3. The first-order chi connectivity index (χ1) is 17.2. The summed E-state index contributed by atoms with van der Waals surface area (Å²) in [5.41, 5.74) is 0.392. The average Bonchev–Trinajstić information content (AvgIpc) is 3.07. The molecule has 10 nitrogen and oxygen atoms in total. The summed E-state index contributed by atoms with van der Waals surface area (Å²) >= 11 is 12.2. The maximum absolute atomic E-state index is 13.0. The molecule has 0 spiro atoms. The van der Waals surface area contributed by atoms with Crippen molar-refractivity contribution in [2.75, 3.05) is 17.3 Å². The highest BCUT2D eigenvalue weighted by atomic mass is 35.5. The second kappa shape index (κ2) is 10.1. The smallest absolute Gasteiger partial charge is 0.343 e. The second-order valence-electron chi connectivity index (χ2n) is 7.29. The van der Waals surface area contributed by atoms with Crippen LogP contribution in [-0.4, -0.2) is 29.8 Å². The van der Waals surface area contributed by atoms with Crippen molar-refractivity contribution in [3.8, 4) is 11.5 Å². The number of rotatable bonds is 7. The first-order valence-electron chi connectivity index (χ1n) is 10.2. The van der Waals surface area contributed by atoms with Crippen LogP contribution in [0.3, 0.4) is 0 Å². The number of methoxy groups -OCH3 is 1. The molecule has 36 heavy (non-hydrogen) atoms. The summed E-state index contributed by atoms with van der Waals surface area (Å²) < 4.78 is 10.4. The Labute approximate surface area is 213 Å². The Balaban J connectivity index is 1.48. The molecule has 4 rings (SSSR count). The summed E-state index contributed by atoms with van der Waals surface area (Å²) in [4.78, 5) is 49.2. The molecule has 3 aromatic rings. The van der Waals surface area contributed by atoms with Gasteiger partial charge in [-0.2, -0.15) is 0 Å². The zero-order valence-electron chi connectivity index (χ0n) is 18.4. The van der Waals surface area contributed by atoms with Gasteiger partial charge in [-0.3, -0.25) is 19.7 Å². The van der Waals surface area contributed by atoms with E-state index in [1.54, 1.807) is 6.07 Å². The highest BCUT2D eigenvalue weighted by Gasteiger charge is 2.40. The molecule has 0 aromatic heterocycles. The number of nitrogens with zero attached hydrogens (tertiary/aromatic N) is 2. The third-order valence-corrected chi connectivity index (χ3v) is 5.64. The van der Waals surface area contributed by atoms with Gasteiger partial charge in [0.15, 0.2) is 0 Å². The Morgan fingerprint density at radius 3 is 2.25 bits per heavy atom. The lowest BCUT2D eigenvalue weighted by Gasteiger charge is -2.18. The number of hydrogen-bond acceptors (Lipinski definition) is 8. The fourth-order valence-corrected chi connectivity index (χ4v) is 3.68. The van der Waals surface area contributed by atoms with Gasteiger partial charge in [-0.15, -0.1) is 0 Å². The summed E-state index contributed by atoms with van der Waals surface area (Å²) in [6, 6.07) is 15.4. The van der Waals surface area contributed by atoms with Crippen LogP contribution in [0, 0.1) is 10.1 Å². The summed E-state index contributed by atoms with van der Waals surface area (Å²) in [5.74, 6) is -1.78. The van der Waals surface area contributed by atoms with E-state index < -0.39 is 22.7 Å². The molecule has 0 radical (unpaired) electrons. The predicted octanol–water partition coefficient (Wildman–Crippen LogP) is 4.91. The standard InChI is InChI=1S/C24H15Cl2N3O7/c1-35-19-11-4-14(25)12-18(19)28-22(30)20(26)21(23(28)31)27-15-5-2-13(3-6-15)24(32)36-17-9-7-16(8-10-17)29(33)34/h2-12,27H,1H3. The summed E-state index contributed by atoms with van der Waals surface area (Å²) in [6.07, 6.45) is 0. The van der Waals surface area contributed by atoms with Crippen molar-refractivity contribution < 1.29 is 28.8 Å².